The van der Waals surface area contributed by atoms with Crippen LogP contribution in [0, 0.1) is 0 Å². The number of hydrogen-bond donors (Lipinski definition) is 6. The van der Waals surface area contributed by atoms with Gasteiger partial charge in [-0.1, -0.05) is 12.2 Å². The molecule has 0 fully saturated rings. The molecule has 1 aliphatic carbocycles. The topological polar surface area (TPSA) is 127 Å². The monoisotopic (exact) mass is 311 g/mol. The van der Waals surface area contributed by atoms with Gasteiger partial charge in [-0.15, -0.1) is 0 Å². The summed E-state index contributed by atoms with van der Waals surface area (Å²) in [5, 5.41) is 2.38. The molecule has 100 valence electrons. The Morgan fingerprint density at radius 1 is 1.17 bits per heavy atom. The summed E-state index contributed by atoms with van der Waals surface area (Å²) in [6, 6.07) is 0. The molecule has 0 radical (unpaired) electrons. The Morgan fingerprint density at radius 3 is 2.22 bits per heavy atom. The van der Waals surface area contributed by atoms with E-state index in [2.05, 4.69) is 17.9 Å². The molecular weight excluding hydrogens is 300 g/mol. The predicted octanol–water partition coefficient (Wildman–Crippen LogP) is 0.277. The van der Waals surface area contributed by atoms with E-state index in [-0.39, 0.29) is 11.1 Å². The lowest BCUT2D eigenvalue weighted by Gasteiger charge is -2.26. The van der Waals surface area contributed by atoms with Crippen molar-refractivity contribution in [3.05, 3.63) is 35.6 Å². The van der Waals surface area contributed by atoms with Gasteiger partial charge in [0.15, 0.2) is 0 Å². The van der Waals surface area contributed by atoms with Crippen LogP contribution < -0.4 is 5.32 Å². The molecule has 1 aliphatic heterocycles. The van der Waals surface area contributed by atoms with Crippen molar-refractivity contribution in [2.75, 3.05) is 0 Å². The van der Waals surface area contributed by atoms with Gasteiger partial charge in [0, 0.05) is 5.70 Å². The maximum atomic E-state index is 11.5. The number of nitrogens with one attached hydrogen (secondary N) is 1. The normalized spacial score (nSPS) is 26.2. The van der Waals surface area contributed by atoms with Crippen LogP contribution in [0.2, 0.25) is 0 Å². The fourth-order valence-corrected chi connectivity index (χ4v) is 4.61. The van der Waals surface area contributed by atoms with E-state index in [0.29, 0.717) is 5.57 Å². The molecule has 7 nitrogen and oxygen atoms in total. The minimum Gasteiger partial charge on any atom is -0.370 e. The fraction of sp³-hybridized carbons (Fsp3) is 0.250. The summed E-state index contributed by atoms with van der Waals surface area (Å²) in [4.78, 5) is 34.5. The molecule has 2 aliphatic rings. The fourth-order valence-electron chi connectivity index (χ4n) is 1.82. The highest BCUT2D eigenvalue weighted by molar-refractivity contribution is 7.81. The third kappa shape index (κ3) is 2.04. The average molecular weight is 311 g/mol. The van der Waals surface area contributed by atoms with Crippen LogP contribution in [0.4, 0.5) is 0 Å². The highest BCUT2D eigenvalue weighted by Crippen LogP contribution is 2.72. The Labute approximate surface area is 108 Å². The molecule has 2 rings (SSSR count). The van der Waals surface area contributed by atoms with Gasteiger partial charge in [-0.2, -0.15) is 12.6 Å². The summed E-state index contributed by atoms with van der Waals surface area (Å²) in [5.74, 6) is 0. The standard InChI is InChI=1S/C8H11NO6P2S/c10-16(11,12)8(17(13,14)15)3-5-1-2-7(18)9-6(5)4-8/h1-4,7,9,18H,(H2,10,11,12)(H2,13,14,15). The van der Waals surface area contributed by atoms with Crippen molar-refractivity contribution >= 4 is 27.8 Å². The van der Waals surface area contributed by atoms with Gasteiger partial charge < -0.3 is 24.9 Å². The van der Waals surface area contributed by atoms with Gasteiger partial charge in [0.1, 0.15) is 0 Å². The SMILES string of the molecule is O=P(O)(O)C1(P(=O)(O)O)C=C2C=CC(S)NC2=C1. The molecule has 1 heterocycles. The third-order valence-electron chi connectivity index (χ3n) is 2.73. The smallest absolute Gasteiger partial charge is 0.351 e. The van der Waals surface area contributed by atoms with Gasteiger partial charge >= 0.3 is 15.2 Å². The number of fused-ring (bicyclic) bond motifs is 1. The second-order valence-corrected chi connectivity index (χ2v) is 8.54. The van der Waals surface area contributed by atoms with Crippen molar-refractivity contribution in [2.24, 2.45) is 0 Å². The Hall–Kier alpha value is -0.330. The second-order valence-electron chi connectivity index (χ2n) is 3.98. The first kappa shape index (κ1) is 14.1. The Balaban J connectivity index is 2.64. The van der Waals surface area contributed by atoms with Crippen LogP contribution in [0.5, 0.6) is 0 Å². The van der Waals surface area contributed by atoms with Crippen molar-refractivity contribution in [2.45, 2.75) is 10.3 Å². The van der Waals surface area contributed by atoms with Crippen LogP contribution in [0.1, 0.15) is 0 Å². The average Bonchev–Trinajstić information content (AvgIpc) is 2.55. The van der Waals surface area contributed by atoms with Crippen molar-refractivity contribution in [3.63, 3.8) is 0 Å². The van der Waals surface area contributed by atoms with E-state index in [1.807, 2.05) is 0 Å². The molecule has 0 spiro atoms. The van der Waals surface area contributed by atoms with E-state index in [1.54, 1.807) is 6.08 Å². The largest absolute Gasteiger partial charge is 0.370 e. The lowest BCUT2D eigenvalue weighted by molar-refractivity contribution is 0.333. The van der Waals surface area contributed by atoms with Crippen LogP contribution in [0.25, 0.3) is 0 Å². The Kier molecular flexibility index (Phi) is 3.19. The summed E-state index contributed by atoms with van der Waals surface area (Å²) in [7, 11) is -10.1. The van der Waals surface area contributed by atoms with Crippen LogP contribution in [0.3, 0.4) is 0 Å². The van der Waals surface area contributed by atoms with Crippen molar-refractivity contribution < 1.29 is 28.7 Å². The van der Waals surface area contributed by atoms with E-state index in [4.69, 9.17) is 0 Å². The van der Waals surface area contributed by atoms with Crippen LogP contribution in [0.15, 0.2) is 35.6 Å². The molecule has 0 aromatic carbocycles. The van der Waals surface area contributed by atoms with Gasteiger partial charge in [0.25, 0.3) is 0 Å². The molecule has 0 aromatic heterocycles. The maximum absolute atomic E-state index is 11.5. The molecule has 10 heteroatoms. The molecular formula is C8H11NO6P2S. The zero-order valence-corrected chi connectivity index (χ0v) is 11.5. The molecule has 18 heavy (non-hydrogen) atoms. The summed E-state index contributed by atoms with van der Waals surface area (Å²) in [5.41, 5.74) is 0.580. The van der Waals surface area contributed by atoms with E-state index < -0.39 is 20.1 Å². The highest BCUT2D eigenvalue weighted by atomic mass is 32.1. The van der Waals surface area contributed by atoms with Crippen molar-refractivity contribution in [1.82, 2.24) is 5.32 Å². The van der Waals surface area contributed by atoms with Crippen LogP contribution >= 0.6 is 27.8 Å². The molecule has 1 unspecified atom stereocenters. The molecule has 0 saturated carbocycles. The molecule has 5 N–H and O–H groups in total. The van der Waals surface area contributed by atoms with Gasteiger partial charge in [0.2, 0.25) is 4.90 Å². The molecule has 0 saturated heterocycles. The van der Waals surface area contributed by atoms with E-state index >= 15 is 0 Å². The summed E-state index contributed by atoms with van der Waals surface area (Å²) >= 11 is 4.09. The number of hydrogen-bond acceptors (Lipinski definition) is 4. The Morgan fingerprint density at radius 2 is 1.72 bits per heavy atom. The third-order valence-corrected chi connectivity index (χ3v) is 6.98. The molecule has 0 aromatic rings. The first-order valence-corrected chi connectivity index (χ1v) is 8.51. The predicted molar refractivity (Wildman–Crippen MR) is 68.0 cm³/mol. The van der Waals surface area contributed by atoms with E-state index in [0.717, 1.165) is 12.2 Å². The first-order valence-electron chi connectivity index (χ1n) is 4.77. The second kappa shape index (κ2) is 4.08. The van der Waals surface area contributed by atoms with Crippen molar-refractivity contribution in [3.8, 4) is 0 Å². The van der Waals surface area contributed by atoms with E-state index in [9.17, 15) is 28.7 Å². The van der Waals surface area contributed by atoms with Crippen LogP contribution in [-0.4, -0.2) is 29.8 Å². The van der Waals surface area contributed by atoms with Gasteiger partial charge in [-0.25, -0.2) is 0 Å². The minimum absolute atomic E-state index is 0.254. The van der Waals surface area contributed by atoms with Crippen molar-refractivity contribution in [1.29, 1.82) is 0 Å². The van der Waals surface area contributed by atoms with Gasteiger partial charge in [0.05, 0.1) is 5.37 Å². The van der Waals surface area contributed by atoms with Crippen LogP contribution in [-0.2, 0) is 9.13 Å². The number of rotatable bonds is 2. The number of allylic oxidation sites excluding steroid dienone is 3. The zero-order valence-electron chi connectivity index (χ0n) is 8.83. The maximum Gasteiger partial charge on any atom is 0.351 e. The minimum atomic E-state index is -5.07. The van der Waals surface area contributed by atoms with Gasteiger partial charge in [-0.05, 0) is 17.7 Å². The zero-order chi connectivity index (χ0) is 13.8. The van der Waals surface area contributed by atoms with Gasteiger partial charge in [-0.3, -0.25) is 9.13 Å². The number of thiol groups is 1. The summed E-state index contributed by atoms with van der Waals surface area (Å²) in [6.07, 6.45) is 4.90. The molecule has 0 bridgehead atoms. The quantitative estimate of drug-likeness (QED) is 0.319. The molecule has 1 atom stereocenters. The summed E-state index contributed by atoms with van der Waals surface area (Å²) < 4.78 is 22.9. The highest BCUT2D eigenvalue weighted by Gasteiger charge is 2.59. The lowest BCUT2D eigenvalue weighted by Crippen LogP contribution is -2.25. The Bertz CT molecular complexity index is 548. The van der Waals surface area contributed by atoms with E-state index in [1.165, 1.54) is 6.08 Å². The lowest BCUT2D eigenvalue weighted by atomic mass is 10.1. The molecule has 0 amide bonds. The first-order chi connectivity index (χ1) is 8.07. The summed E-state index contributed by atoms with van der Waals surface area (Å²) in [6.45, 7) is 0.